The maximum absolute atomic E-state index is 6.52. The van der Waals surface area contributed by atoms with Crippen molar-refractivity contribution < 1.29 is 27.1 Å². The standard InChI is InChI=1S/C26H41O.C18H30.CH3.Nb/c1-2-7-19(8-3-1)13-14-20-9-6-10-21(17-20)22-15-16-26-24(18-22)23-11-4-5-12-25(23)27-26;1-3-8-15(9-4-1)17-12-7-13-18(14-17)16-10-5-2-6-11-16;;/h9,13,20-26H,1-8,10-12,14-18H2;8,12,15-18H,1-7,9-11,13-14H2;1H3;/q-1;-2;-1;/t;15-,17?,18?;;/m.0../s1. The van der Waals surface area contributed by atoms with Crippen LogP contribution in [0.4, 0.5) is 0 Å². The Kier molecular flexibility index (Phi) is 16.4. The molecule has 47 heavy (non-hydrogen) atoms. The normalized spacial score (nSPS) is 41.1. The molecule has 269 valence electrons. The van der Waals surface area contributed by atoms with Gasteiger partial charge in [-0.15, -0.1) is 0 Å². The predicted octanol–water partition coefficient (Wildman–Crippen LogP) is 13.3. The average molecular weight is 724 g/mol. The van der Waals surface area contributed by atoms with Crippen LogP contribution in [0.25, 0.3) is 0 Å². The minimum Gasteiger partial charge on any atom is -0.374 e. The number of fused-ring (bicyclic) bond motifs is 3. The summed E-state index contributed by atoms with van der Waals surface area (Å²) in [5.41, 5.74) is 1.78. The molecule has 7 aliphatic carbocycles. The molecular formula is C45H74NbO-4. The van der Waals surface area contributed by atoms with Gasteiger partial charge in [-0.2, -0.15) is 37.0 Å². The van der Waals surface area contributed by atoms with E-state index in [0.29, 0.717) is 12.2 Å². The average Bonchev–Trinajstić information content (AvgIpc) is 3.50. The van der Waals surface area contributed by atoms with E-state index < -0.39 is 0 Å². The molecule has 0 bridgehead atoms. The van der Waals surface area contributed by atoms with Crippen LogP contribution in [0, 0.1) is 80.0 Å². The van der Waals surface area contributed by atoms with Gasteiger partial charge in [0.25, 0.3) is 0 Å². The SMILES string of the molecule is C(CC1[CH-]CCC(C2CCC3OC4CCCCC4C3C2)C1)=C1CCCCC1.[CH-]1CCC(C2CCCCC2)CC1[C@H]1[CH-]CCCC1.[CH3-].[Nb]. The Hall–Kier alpha value is 0.440. The molecule has 0 aromatic carbocycles. The summed E-state index contributed by atoms with van der Waals surface area (Å²) in [6.07, 6.45) is 52.7. The van der Waals surface area contributed by atoms with Crippen LogP contribution in [-0.2, 0) is 27.1 Å². The van der Waals surface area contributed by atoms with E-state index in [1.807, 2.05) is 0 Å². The van der Waals surface area contributed by atoms with Crippen LogP contribution in [-0.4, -0.2) is 12.2 Å². The fourth-order valence-electron chi connectivity index (χ4n) is 12.4. The Bertz CT molecular complexity index is 868. The first-order valence-electron chi connectivity index (χ1n) is 21.1. The summed E-state index contributed by atoms with van der Waals surface area (Å²) >= 11 is 0. The van der Waals surface area contributed by atoms with Gasteiger partial charge in [-0.05, 0) is 93.3 Å². The molecule has 1 saturated heterocycles. The summed E-state index contributed by atoms with van der Waals surface area (Å²) in [6, 6.07) is 0. The van der Waals surface area contributed by atoms with Crippen LogP contribution in [0.1, 0.15) is 180 Å². The van der Waals surface area contributed by atoms with Crippen LogP contribution in [0.15, 0.2) is 11.6 Å². The van der Waals surface area contributed by atoms with Gasteiger partial charge in [0, 0.05) is 22.4 Å². The first-order chi connectivity index (χ1) is 22.3. The van der Waals surface area contributed by atoms with Gasteiger partial charge < -0.3 is 31.4 Å². The molecule has 9 unspecified atom stereocenters. The van der Waals surface area contributed by atoms with Gasteiger partial charge >= 0.3 is 0 Å². The topological polar surface area (TPSA) is 9.23 Å². The molecule has 7 saturated carbocycles. The van der Waals surface area contributed by atoms with Crippen molar-refractivity contribution in [3.8, 4) is 0 Å². The molecular weight excluding hydrogens is 649 g/mol. The van der Waals surface area contributed by atoms with E-state index in [0.717, 1.165) is 53.3 Å². The molecule has 0 amide bonds. The van der Waals surface area contributed by atoms with Crippen molar-refractivity contribution >= 4 is 0 Å². The minimum atomic E-state index is 0. The number of hydrogen-bond donors (Lipinski definition) is 0. The van der Waals surface area contributed by atoms with E-state index in [1.54, 1.807) is 18.4 Å². The summed E-state index contributed by atoms with van der Waals surface area (Å²) in [5.74, 6) is 8.81. The summed E-state index contributed by atoms with van der Waals surface area (Å²) < 4.78 is 6.52. The van der Waals surface area contributed by atoms with Crippen molar-refractivity contribution in [1.82, 2.24) is 0 Å². The second-order valence-corrected chi connectivity index (χ2v) is 17.7. The molecule has 1 nitrogen and oxygen atoms in total. The van der Waals surface area contributed by atoms with Crippen LogP contribution in [0.3, 0.4) is 0 Å². The molecule has 0 aromatic rings. The maximum Gasteiger partial charge on any atom is 0.0611 e. The zero-order chi connectivity index (χ0) is 30.3. The van der Waals surface area contributed by atoms with E-state index in [-0.39, 0.29) is 29.8 Å². The van der Waals surface area contributed by atoms with E-state index >= 15 is 0 Å². The summed E-state index contributed by atoms with van der Waals surface area (Å²) in [4.78, 5) is 0. The predicted molar refractivity (Wildman–Crippen MR) is 197 cm³/mol. The van der Waals surface area contributed by atoms with Crippen LogP contribution in [0.2, 0.25) is 0 Å². The zero-order valence-corrected chi connectivity index (χ0v) is 33.0. The smallest absolute Gasteiger partial charge is 0.0611 e. The quantitative estimate of drug-likeness (QED) is 0.156. The molecule has 8 aliphatic rings. The van der Waals surface area contributed by atoms with E-state index in [4.69, 9.17) is 4.74 Å². The summed E-state index contributed by atoms with van der Waals surface area (Å²) in [6.45, 7) is 0. The van der Waals surface area contributed by atoms with Crippen LogP contribution >= 0.6 is 0 Å². The molecule has 0 spiro atoms. The van der Waals surface area contributed by atoms with Gasteiger partial charge in [-0.1, -0.05) is 114 Å². The third kappa shape index (κ3) is 10.5. The second-order valence-electron chi connectivity index (χ2n) is 17.7. The van der Waals surface area contributed by atoms with E-state index in [9.17, 15) is 0 Å². The van der Waals surface area contributed by atoms with Gasteiger partial charge in [-0.3, -0.25) is 0 Å². The monoisotopic (exact) mass is 723 g/mol. The molecule has 1 aliphatic heterocycles. The van der Waals surface area contributed by atoms with Gasteiger partial charge in [0.2, 0.25) is 0 Å². The third-order valence-electron chi connectivity index (χ3n) is 15.0. The van der Waals surface area contributed by atoms with Crippen molar-refractivity contribution in [3.05, 3.63) is 38.3 Å². The van der Waals surface area contributed by atoms with Gasteiger partial charge in [0.05, 0.1) is 12.2 Å². The van der Waals surface area contributed by atoms with Crippen molar-refractivity contribution in [2.45, 2.75) is 192 Å². The third-order valence-corrected chi connectivity index (χ3v) is 15.0. The molecule has 10 atom stereocenters. The molecule has 0 N–H and O–H groups in total. The fourth-order valence-corrected chi connectivity index (χ4v) is 12.4. The number of ether oxygens (including phenoxy) is 1. The zero-order valence-electron chi connectivity index (χ0n) is 30.8. The van der Waals surface area contributed by atoms with Crippen molar-refractivity contribution in [3.63, 3.8) is 0 Å². The number of hydrogen-bond acceptors (Lipinski definition) is 1. The number of allylic oxidation sites excluding steroid dienone is 2. The minimum absolute atomic E-state index is 0. The fraction of sp³-hybridized carbons (Fsp3) is 0.867. The van der Waals surface area contributed by atoms with Crippen LogP contribution in [0.5, 0.6) is 0 Å². The van der Waals surface area contributed by atoms with Gasteiger partial charge in [0.15, 0.2) is 0 Å². The molecule has 2 heteroatoms. The second kappa shape index (κ2) is 19.9. The Labute approximate surface area is 309 Å². The van der Waals surface area contributed by atoms with Crippen molar-refractivity contribution in [1.29, 1.82) is 0 Å². The largest absolute Gasteiger partial charge is 0.374 e. The van der Waals surface area contributed by atoms with Gasteiger partial charge in [-0.25, -0.2) is 0 Å². The molecule has 1 radical (unpaired) electrons. The Balaban J connectivity index is 0.000000190. The number of rotatable bonds is 5. The Morgan fingerprint density at radius 2 is 1.17 bits per heavy atom. The van der Waals surface area contributed by atoms with Crippen LogP contribution < -0.4 is 0 Å². The van der Waals surface area contributed by atoms with E-state index in [1.165, 1.54) is 167 Å². The summed E-state index contributed by atoms with van der Waals surface area (Å²) in [5, 5.41) is 0. The maximum atomic E-state index is 6.52. The summed E-state index contributed by atoms with van der Waals surface area (Å²) in [7, 11) is 0. The Morgan fingerprint density at radius 3 is 1.98 bits per heavy atom. The first-order valence-corrected chi connectivity index (χ1v) is 21.1. The molecule has 8 rings (SSSR count). The molecule has 8 fully saturated rings. The van der Waals surface area contributed by atoms with E-state index in [2.05, 4.69) is 25.3 Å². The molecule has 1 heterocycles. The van der Waals surface area contributed by atoms with Gasteiger partial charge in [0.1, 0.15) is 0 Å². The van der Waals surface area contributed by atoms with Crippen molar-refractivity contribution in [2.24, 2.45) is 53.3 Å². The van der Waals surface area contributed by atoms with Crippen molar-refractivity contribution in [2.75, 3.05) is 0 Å². The molecule has 0 aromatic heterocycles. The Morgan fingerprint density at radius 1 is 0.511 bits per heavy atom. The first kappa shape index (κ1) is 38.7.